The van der Waals surface area contributed by atoms with E-state index >= 15 is 0 Å². The topological polar surface area (TPSA) is 91.3 Å². The second kappa shape index (κ2) is 15.1. The number of aliphatic hydroxyl groups excluding tert-OH is 1. The van der Waals surface area contributed by atoms with Crippen LogP contribution in [-0.2, 0) is 32.2 Å². The molecule has 0 radical (unpaired) electrons. The largest absolute Gasteiger partial charge is 0.471 e. The molecule has 3 saturated heterocycles. The molecule has 3 heterocycles. The predicted molar refractivity (Wildman–Crippen MR) is 162 cm³/mol. The van der Waals surface area contributed by atoms with Gasteiger partial charge >= 0.3 is 12.1 Å². The Hall–Kier alpha value is -2.99. The maximum Gasteiger partial charge on any atom is 0.471 e. The fraction of sp³-hybridized carbons (Fsp3) is 0.588. The van der Waals surface area contributed by atoms with Gasteiger partial charge in [0.05, 0.1) is 18.8 Å². The summed E-state index contributed by atoms with van der Waals surface area (Å²) in [4.78, 5) is 27.6. The number of benzene rings is 2. The van der Waals surface area contributed by atoms with E-state index in [1.807, 2.05) is 48.5 Å². The monoisotopic (exact) mass is 631 g/mol. The van der Waals surface area contributed by atoms with Crippen molar-refractivity contribution in [3.05, 3.63) is 70.8 Å². The minimum Gasteiger partial charge on any atom is -0.392 e. The molecule has 246 valence electrons. The third kappa shape index (κ3) is 8.44. The lowest BCUT2D eigenvalue weighted by Gasteiger charge is -2.43. The number of carbonyl (C=O) groups is 2. The highest BCUT2D eigenvalue weighted by Gasteiger charge is 2.47. The minimum atomic E-state index is -5.01. The summed E-state index contributed by atoms with van der Waals surface area (Å²) in [7, 11) is 0. The highest BCUT2D eigenvalue weighted by molar-refractivity contribution is 5.90. The van der Waals surface area contributed by atoms with Crippen LogP contribution in [0.5, 0.6) is 0 Å². The highest BCUT2D eigenvalue weighted by Crippen LogP contribution is 2.42. The first-order valence-electron chi connectivity index (χ1n) is 16.1. The maximum absolute atomic E-state index is 13.0. The van der Waals surface area contributed by atoms with Crippen molar-refractivity contribution in [1.82, 2.24) is 15.1 Å². The van der Waals surface area contributed by atoms with E-state index in [0.717, 1.165) is 41.9 Å². The number of hydrogen-bond acceptors (Lipinski definition) is 6. The van der Waals surface area contributed by atoms with Gasteiger partial charge in [-0.05, 0) is 55.5 Å². The quantitative estimate of drug-likeness (QED) is 0.405. The van der Waals surface area contributed by atoms with Crippen LogP contribution in [0.3, 0.4) is 0 Å². The molecule has 5 atom stereocenters. The molecule has 3 aliphatic rings. The van der Waals surface area contributed by atoms with Crippen LogP contribution < -0.4 is 5.32 Å². The van der Waals surface area contributed by atoms with Crippen LogP contribution in [0.25, 0.3) is 0 Å². The summed E-state index contributed by atoms with van der Waals surface area (Å²) in [5.74, 6) is -2.48. The predicted octanol–water partition coefficient (Wildman–Crippen LogP) is 5.41. The molecule has 0 aromatic heterocycles. The van der Waals surface area contributed by atoms with Gasteiger partial charge in [-0.25, -0.2) is 0 Å². The summed E-state index contributed by atoms with van der Waals surface area (Å²) >= 11 is 0. The molecule has 2 N–H and O–H groups in total. The number of nitrogens with zero attached hydrogens (tertiary/aromatic N) is 2. The Balaban J connectivity index is 1.26. The molecule has 0 bridgehead atoms. The summed E-state index contributed by atoms with van der Waals surface area (Å²) < 4.78 is 52.1. The van der Waals surface area contributed by atoms with Crippen molar-refractivity contribution in [1.29, 1.82) is 0 Å². The number of alkyl halides is 3. The van der Waals surface area contributed by atoms with E-state index in [0.29, 0.717) is 11.3 Å². The maximum atomic E-state index is 13.0. The number of carbonyl (C=O) groups excluding carboxylic acids is 2. The first-order chi connectivity index (χ1) is 21.6. The lowest BCUT2D eigenvalue weighted by atomic mass is 9.89. The number of likely N-dealkylation sites (tertiary alicyclic amines) is 2. The molecule has 0 spiro atoms. The van der Waals surface area contributed by atoms with Crippen LogP contribution in [0.4, 0.5) is 13.2 Å². The molecule has 0 saturated carbocycles. The highest BCUT2D eigenvalue weighted by atomic mass is 19.4. The normalized spacial score (nSPS) is 26.7. The Morgan fingerprint density at radius 2 is 1.49 bits per heavy atom. The van der Waals surface area contributed by atoms with Crippen LogP contribution in [0.15, 0.2) is 48.5 Å². The van der Waals surface area contributed by atoms with Crippen LogP contribution in [0, 0.1) is 5.92 Å². The van der Waals surface area contributed by atoms with E-state index in [2.05, 4.69) is 17.1 Å². The lowest BCUT2D eigenvalue weighted by molar-refractivity contribution is -0.276. The van der Waals surface area contributed by atoms with Crippen LogP contribution in [-0.4, -0.2) is 71.2 Å². The lowest BCUT2D eigenvalue weighted by Crippen LogP contribution is -2.50. The molecular weight excluding hydrogens is 587 g/mol. The van der Waals surface area contributed by atoms with Gasteiger partial charge in [0.2, 0.25) is 5.91 Å². The zero-order valence-electron chi connectivity index (χ0n) is 25.8. The summed E-state index contributed by atoms with van der Waals surface area (Å²) in [6.07, 6.45) is 0.792. The van der Waals surface area contributed by atoms with E-state index in [1.54, 1.807) is 0 Å². The molecule has 2 aromatic carbocycles. The van der Waals surface area contributed by atoms with Crippen molar-refractivity contribution in [2.24, 2.45) is 5.92 Å². The van der Waals surface area contributed by atoms with Gasteiger partial charge in [-0.1, -0.05) is 74.7 Å². The van der Waals surface area contributed by atoms with Crippen LogP contribution in [0.2, 0.25) is 0 Å². The third-order valence-corrected chi connectivity index (χ3v) is 9.29. The van der Waals surface area contributed by atoms with Gasteiger partial charge in [-0.15, -0.1) is 0 Å². The summed E-state index contributed by atoms with van der Waals surface area (Å²) in [5, 5.41) is 12.2. The van der Waals surface area contributed by atoms with Crippen molar-refractivity contribution in [2.45, 2.75) is 95.7 Å². The van der Waals surface area contributed by atoms with Gasteiger partial charge in [0.15, 0.2) is 6.29 Å². The van der Waals surface area contributed by atoms with E-state index in [1.165, 1.54) is 32.1 Å². The molecule has 0 unspecified atom stereocenters. The van der Waals surface area contributed by atoms with Gasteiger partial charge in [0.1, 0.15) is 6.04 Å². The van der Waals surface area contributed by atoms with Crippen molar-refractivity contribution in [3.8, 4) is 0 Å². The SMILES string of the molecule is C[C@H]1[C@@H](CN2CCCCCCC2)O[C@@H](c2ccc(CNC(=O)[C@@H]3CCCN3C(=O)C(F)(F)F)cc2)O[C@H]1c1ccc(CO)cc1. The number of rotatable bonds is 8. The van der Waals surface area contributed by atoms with Crippen LogP contribution >= 0.6 is 0 Å². The van der Waals surface area contributed by atoms with Crippen molar-refractivity contribution in [2.75, 3.05) is 26.2 Å². The molecule has 0 aliphatic carbocycles. The minimum absolute atomic E-state index is 0.0257. The molecule has 2 aromatic rings. The fourth-order valence-electron chi connectivity index (χ4n) is 6.62. The molecule has 3 fully saturated rings. The number of aliphatic hydroxyl groups is 1. The average molecular weight is 632 g/mol. The van der Waals surface area contributed by atoms with E-state index in [9.17, 15) is 27.9 Å². The Bertz CT molecular complexity index is 1270. The van der Waals surface area contributed by atoms with E-state index in [4.69, 9.17) is 9.47 Å². The molecule has 5 rings (SSSR count). The number of nitrogens with one attached hydrogen (secondary N) is 1. The Labute approximate surface area is 262 Å². The summed E-state index contributed by atoms with van der Waals surface area (Å²) in [5.41, 5.74) is 3.44. The smallest absolute Gasteiger partial charge is 0.392 e. The summed E-state index contributed by atoms with van der Waals surface area (Å²) in [6, 6.07) is 14.2. The number of ether oxygens (including phenoxy) is 2. The van der Waals surface area contributed by atoms with E-state index < -0.39 is 30.3 Å². The van der Waals surface area contributed by atoms with Gasteiger partial charge < -0.3 is 29.7 Å². The average Bonchev–Trinajstić information content (AvgIpc) is 3.51. The zero-order valence-corrected chi connectivity index (χ0v) is 25.8. The van der Waals surface area contributed by atoms with Crippen LogP contribution in [0.1, 0.15) is 86.5 Å². The summed E-state index contributed by atoms with van der Waals surface area (Å²) in [6.45, 7) is 5.08. The molecule has 8 nitrogen and oxygen atoms in total. The van der Waals surface area contributed by atoms with Crippen molar-refractivity contribution >= 4 is 11.8 Å². The van der Waals surface area contributed by atoms with E-state index in [-0.39, 0.29) is 44.2 Å². The second-order valence-electron chi connectivity index (χ2n) is 12.5. The number of hydrogen-bond donors (Lipinski definition) is 2. The zero-order chi connectivity index (χ0) is 32.0. The standard InChI is InChI=1S/C34H44F3N3O5/c1-23-29(21-39-17-5-3-2-4-6-18-39)44-32(45-30(23)26-13-11-25(22-41)12-14-26)27-15-9-24(10-16-27)20-38-31(42)28-8-7-19-40(28)33(43)34(35,36)37/h9-16,23,28-30,32,41H,2-8,17-22H2,1H3,(H,38,42)/t23-,28-,29+,30+,32+/m0/s1. The van der Waals surface area contributed by atoms with Gasteiger partial charge in [-0.3, -0.25) is 9.59 Å². The van der Waals surface area contributed by atoms with Crippen molar-refractivity contribution in [3.63, 3.8) is 0 Å². The number of amides is 2. The van der Waals surface area contributed by atoms with Gasteiger partial charge in [0.25, 0.3) is 0 Å². The molecule has 11 heteroatoms. The molecule has 45 heavy (non-hydrogen) atoms. The van der Waals surface area contributed by atoms with Gasteiger partial charge in [-0.2, -0.15) is 13.2 Å². The molecule has 3 aliphatic heterocycles. The second-order valence-corrected chi connectivity index (χ2v) is 12.5. The first-order valence-corrected chi connectivity index (χ1v) is 16.1. The van der Waals surface area contributed by atoms with Gasteiger partial charge in [0, 0.05) is 31.1 Å². The van der Waals surface area contributed by atoms with Crippen molar-refractivity contribution < 1.29 is 37.3 Å². The Kier molecular flexibility index (Phi) is 11.2. The fourth-order valence-corrected chi connectivity index (χ4v) is 6.62. The Morgan fingerprint density at radius 1 is 0.867 bits per heavy atom. The number of halogens is 3. The third-order valence-electron chi connectivity index (χ3n) is 9.29. The first kappa shape index (κ1) is 33.4. The Morgan fingerprint density at radius 3 is 2.13 bits per heavy atom. The molecular formula is C34H44F3N3O5. The molecule has 2 amide bonds.